The molecule has 0 bridgehead atoms. The molecular formula is C16H34N2. The highest BCUT2D eigenvalue weighted by Crippen LogP contribution is 2.39. The minimum absolute atomic E-state index is 0.287. The smallest absolute Gasteiger partial charge is 0.0334 e. The zero-order valence-electron chi connectivity index (χ0n) is 13.2. The number of hydrogen-bond donors (Lipinski definition) is 1. The van der Waals surface area contributed by atoms with Crippen molar-refractivity contribution in [1.82, 2.24) is 4.90 Å². The summed E-state index contributed by atoms with van der Waals surface area (Å²) in [7, 11) is 0. The molecule has 1 fully saturated rings. The maximum Gasteiger partial charge on any atom is 0.0334 e. The van der Waals surface area contributed by atoms with Crippen molar-refractivity contribution in [3.63, 3.8) is 0 Å². The van der Waals surface area contributed by atoms with Gasteiger partial charge in [-0.25, -0.2) is 0 Å². The Morgan fingerprint density at radius 2 is 1.72 bits per heavy atom. The van der Waals surface area contributed by atoms with Gasteiger partial charge in [0.25, 0.3) is 0 Å². The van der Waals surface area contributed by atoms with Crippen LogP contribution in [0.15, 0.2) is 0 Å². The molecule has 0 aromatic carbocycles. The summed E-state index contributed by atoms with van der Waals surface area (Å²) in [4.78, 5) is 2.68. The van der Waals surface area contributed by atoms with Crippen LogP contribution in [0.4, 0.5) is 0 Å². The second kappa shape index (κ2) is 6.91. The molecule has 0 amide bonds. The SMILES string of the molecule is CCCN(C(C)C)C1(CN)CCC(C(C)C)CC1. The van der Waals surface area contributed by atoms with Crippen molar-refractivity contribution in [2.45, 2.75) is 78.3 Å². The Kier molecular flexibility index (Phi) is 6.13. The molecule has 0 unspecified atom stereocenters. The minimum atomic E-state index is 0.287. The van der Waals surface area contributed by atoms with Gasteiger partial charge in [0, 0.05) is 18.1 Å². The van der Waals surface area contributed by atoms with Gasteiger partial charge in [-0.1, -0.05) is 20.8 Å². The Labute approximate surface area is 114 Å². The normalized spacial score (nSPS) is 29.5. The maximum absolute atomic E-state index is 6.19. The molecule has 1 aliphatic rings. The lowest BCUT2D eigenvalue weighted by molar-refractivity contribution is 0.0120. The first-order chi connectivity index (χ1) is 8.46. The largest absolute Gasteiger partial charge is 0.329 e. The molecule has 2 heteroatoms. The van der Waals surface area contributed by atoms with Crippen molar-refractivity contribution in [2.24, 2.45) is 17.6 Å². The van der Waals surface area contributed by atoms with E-state index in [0.29, 0.717) is 6.04 Å². The van der Waals surface area contributed by atoms with Crippen molar-refractivity contribution >= 4 is 0 Å². The molecule has 2 N–H and O–H groups in total. The van der Waals surface area contributed by atoms with Gasteiger partial charge in [-0.15, -0.1) is 0 Å². The molecule has 2 nitrogen and oxygen atoms in total. The van der Waals surface area contributed by atoms with Gasteiger partial charge in [0.1, 0.15) is 0 Å². The van der Waals surface area contributed by atoms with Crippen LogP contribution < -0.4 is 5.73 Å². The molecule has 0 atom stereocenters. The zero-order chi connectivity index (χ0) is 13.8. The van der Waals surface area contributed by atoms with Crippen molar-refractivity contribution in [3.05, 3.63) is 0 Å². The second-order valence-electron chi connectivity index (χ2n) is 6.80. The van der Waals surface area contributed by atoms with Crippen LogP contribution in [0, 0.1) is 11.8 Å². The van der Waals surface area contributed by atoms with E-state index in [2.05, 4.69) is 39.5 Å². The first-order valence-electron chi connectivity index (χ1n) is 7.93. The number of nitrogens with two attached hydrogens (primary N) is 1. The van der Waals surface area contributed by atoms with Gasteiger partial charge < -0.3 is 5.73 Å². The molecule has 1 saturated carbocycles. The predicted molar refractivity (Wildman–Crippen MR) is 80.7 cm³/mol. The highest BCUT2D eigenvalue weighted by atomic mass is 15.2. The number of nitrogens with zero attached hydrogens (tertiary/aromatic N) is 1. The summed E-state index contributed by atoms with van der Waals surface area (Å²) in [6.45, 7) is 13.7. The predicted octanol–water partition coefficient (Wildman–Crippen LogP) is 3.65. The van der Waals surface area contributed by atoms with Crippen LogP contribution in [0.25, 0.3) is 0 Å². The maximum atomic E-state index is 6.19. The molecule has 1 rings (SSSR count). The molecule has 18 heavy (non-hydrogen) atoms. The van der Waals surface area contributed by atoms with Crippen molar-refractivity contribution in [2.75, 3.05) is 13.1 Å². The van der Waals surface area contributed by atoms with Crippen molar-refractivity contribution in [3.8, 4) is 0 Å². The summed E-state index contributed by atoms with van der Waals surface area (Å²) in [6.07, 6.45) is 6.55. The highest BCUT2D eigenvalue weighted by Gasteiger charge is 2.40. The van der Waals surface area contributed by atoms with Gasteiger partial charge >= 0.3 is 0 Å². The van der Waals surface area contributed by atoms with E-state index in [9.17, 15) is 0 Å². The third kappa shape index (κ3) is 3.48. The van der Waals surface area contributed by atoms with E-state index in [-0.39, 0.29) is 5.54 Å². The van der Waals surface area contributed by atoms with E-state index in [0.717, 1.165) is 18.4 Å². The molecule has 0 aliphatic heterocycles. The zero-order valence-corrected chi connectivity index (χ0v) is 13.2. The molecule has 0 aromatic heterocycles. The highest BCUT2D eigenvalue weighted by molar-refractivity contribution is 4.97. The van der Waals surface area contributed by atoms with Gasteiger partial charge in [0.15, 0.2) is 0 Å². The van der Waals surface area contributed by atoms with E-state index in [1.807, 2.05) is 0 Å². The Balaban J connectivity index is 2.74. The molecule has 108 valence electrons. The third-order valence-corrected chi connectivity index (χ3v) is 4.98. The summed E-state index contributed by atoms with van der Waals surface area (Å²) in [6, 6.07) is 0.615. The average molecular weight is 254 g/mol. The lowest BCUT2D eigenvalue weighted by Crippen LogP contribution is -2.58. The molecule has 0 radical (unpaired) electrons. The Hall–Kier alpha value is -0.0800. The fraction of sp³-hybridized carbons (Fsp3) is 1.00. The van der Waals surface area contributed by atoms with E-state index in [1.54, 1.807) is 0 Å². The summed E-state index contributed by atoms with van der Waals surface area (Å²) in [5, 5.41) is 0. The van der Waals surface area contributed by atoms with Gasteiger partial charge in [-0.05, 0) is 64.3 Å². The van der Waals surface area contributed by atoms with Crippen LogP contribution in [-0.4, -0.2) is 29.6 Å². The first kappa shape index (κ1) is 16.0. The van der Waals surface area contributed by atoms with Gasteiger partial charge in [0.05, 0.1) is 0 Å². The van der Waals surface area contributed by atoms with Crippen molar-refractivity contribution < 1.29 is 0 Å². The summed E-state index contributed by atoms with van der Waals surface area (Å²) in [5.74, 6) is 1.75. The summed E-state index contributed by atoms with van der Waals surface area (Å²) < 4.78 is 0. The quantitative estimate of drug-likeness (QED) is 0.784. The topological polar surface area (TPSA) is 29.3 Å². The molecule has 0 spiro atoms. The molecular weight excluding hydrogens is 220 g/mol. The standard InChI is InChI=1S/C16H34N2/c1-6-11-18(14(4)5)16(12-17)9-7-15(8-10-16)13(2)3/h13-15H,6-12,17H2,1-5H3. The fourth-order valence-corrected chi connectivity index (χ4v) is 3.74. The van der Waals surface area contributed by atoms with E-state index in [1.165, 1.54) is 38.6 Å². The lowest BCUT2D eigenvalue weighted by Gasteiger charge is -2.50. The molecule has 0 heterocycles. The monoisotopic (exact) mass is 254 g/mol. The van der Waals surface area contributed by atoms with E-state index in [4.69, 9.17) is 5.73 Å². The Morgan fingerprint density at radius 1 is 1.17 bits per heavy atom. The van der Waals surface area contributed by atoms with Crippen LogP contribution in [0.1, 0.15) is 66.7 Å². The van der Waals surface area contributed by atoms with Crippen molar-refractivity contribution in [1.29, 1.82) is 0 Å². The van der Waals surface area contributed by atoms with Crippen LogP contribution in [-0.2, 0) is 0 Å². The van der Waals surface area contributed by atoms with Crippen LogP contribution >= 0.6 is 0 Å². The van der Waals surface area contributed by atoms with Gasteiger partial charge in [-0.3, -0.25) is 4.90 Å². The van der Waals surface area contributed by atoms with Crippen LogP contribution in [0.5, 0.6) is 0 Å². The Bertz CT molecular complexity index is 227. The second-order valence-corrected chi connectivity index (χ2v) is 6.80. The Morgan fingerprint density at radius 3 is 2.06 bits per heavy atom. The first-order valence-corrected chi connectivity index (χ1v) is 7.93. The average Bonchev–Trinajstić information content (AvgIpc) is 2.35. The molecule has 1 aliphatic carbocycles. The van der Waals surface area contributed by atoms with Crippen LogP contribution in [0.3, 0.4) is 0 Å². The number of hydrogen-bond acceptors (Lipinski definition) is 2. The van der Waals surface area contributed by atoms with E-state index < -0.39 is 0 Å². The minimum Gasteiger partial charge on any atom is -0.329 e. The number of rotatable bonds is 6. The summed E-state index contributed by atoms with van der Waals surface area (Å²) in [5.41, 5.74) is 6.47. The molecule has 0 saturated heterocycles. The fourth-order valence-electron chi connectivity index (χ4n) is 3.74. The lowest BCUT2D eigenvalue weighted by atomic mass is 9.71. The van der Waals surface area contributed by atoms with Gasteiger partial charge in [0.2, 0.25) is 0 Å². The third-order valence-electron chi connectivity index (χ3n) is 4.98. The van der Waals surface area contributed by atoms with E-state index >= 15 is 0 Å². The van der Waals surface area contributed by atoms with Gasteiger partial charge in [-0.2, -0.15) is 0 Å². The molecule has 0 aromatic rings. The summed E-state index contributed by atoms with van der Waals surface area (Å²) >= 11 is 0. The van der Waals surface area contributed by atoms with Crippen LogP contribution in [0.2, 0.25) is 0 Å².